The smallest absolute Gasteiger partial charge is 0.247 e. The fraction of sp³-hybridized carbons (Fsp3) is 0. The first-order valence-corrected chi connectivity index (χ1v) is 7.85. The van der Waals surface area contributed by atoms with Crippen LogP contribution in [0.1, 0.15) is 0 Å². The van der Waals surface area contributed by atoms with Gasteiger partial charge in [0.15, 0.2) is 5.58 Å². The van der Waals surface area contributed by atoms with Crippen LogP contribution in [0, 0.1) is 5.82 Å². The van der Waals surface area contributed by atoms with Crippen LogP contribution in [0.15, 0.2) is 51.5 Å². The molecule has 0 saturated heterocycles. The molecule has 2 heterocycles. The summed E-state index contributed by atoms with van der Waals surface area (Å²) in [5.74, 6) is 0.236. The van der Waals surface area contributed by atoms with Crippen molar-refractivity contribution in [1.82, 2.24) is 15.0 Å². The van der Waals surface area contributed by atoms with E-state index in [2.05, 4.69) is 30.9 Å². The largest absolute Gasteiger partial charge is 0.435 e. The molecule has 0 aliphatic carbocycles. The SMILES string of the molecule is Fc1cccc(Cl)c1-c1nc(-c2nc3cc(Br)ccc3o2)c[nH]1. The van der Waals surface area contributed by atoms with E-state index in [1.54, 1.807) is 18.3 Å². The van der Waals surface area contributed by atoms with Gasteiger partial charge in [0.2, 0.25) is 5.89 Å². The van der Waals surface area contributed by atoms with Gasteiger partial charge in [-0.15, -0.1) is 0 Å². The summed E-state index contributed by atoms with van der Waals surface area (Å²) in [6, 6.07) is 10.0. The number of benzene rings is 2. The van der Waals surface area contributed by atoms with Crippen LogP contribution in [-0.4, -0.2) is 15.0 Å². The number of aromatic nitrogens is 3. The Bertz CT molecular complexity index is 1010. The molecule has 4 nitrogen and oxygen atoms in total. The second-order valence-corrected chi connectivity index (χ2v) is 6.18. The topological polar surface area (TPSA) is 54.7 Å². The summed E-state index contributed by atoms with van der Waals surface area (Å²) in [6.07, 6.45) is 1.61. The van der Waals surface area contributed by atoms with Crippen LogP contribution in [0.25, 0.3) is 34.1 Å². The van der Waals surface area contributed by atoms with Crippen molar-refractivity contribution in [1.29, 1.82) is 0 Å². The normalized spacial score (nSPS) is 11.3. The lowest BCUT2D eigenvalue weighted by molar-refractivity contribution is 0.617. The van der Waals surface area contributed by atoms with E-state index in [1.165, 1.54) is 6.07 Å². The van der Waals surface area contributed by atoms with Crippen LogP contribution in [0.5, 0.6) is 0 Å². The summed E-state index contributed by atoms with van der Waals surface area (Å²) in [5, 5.41) is 0.285. The van der Waals surface area contributed by atoms with E-state index >= 15 is 0 Å². The number of imidazole rings is 1. The van der Waals surface area contributed by atoms with Gasteiger partial charge in [-0.05, 0) is 30.3 Å². The average Bonchev–Trinajstić information content (AvgIpc) is 3.13. The van der Waals surface area contributed by atoms with Crippen molar-refractivity contribution in [2.45, 2.75) is 0 Å². The Kier molecular flexibility index (Phi) is 3.43. The highest BCUT2D eigenvalue weighted by Crippen LogP contribution is 2.31. The third-order valence-corrected chi connectivity index (χ3v) is 4.15. The maximum atomic E-state index is 14.0. The summed E-state index contributed by atoms with van der Waals surface area (Å²) in [7, 11) is 0. The van der Waals surface area contributed by atoms with Gasteiger partial charge in [-0.1, -0.05) is 33.6 Å². The number of halogens is 3. The van der Waals surface area contributed by atoms with Crippen LogP contribution in [0.3, 0.4) is 0 Å². The van der Waals surface area contributed by atoms with E-state index < -0.39 is 5.82 Å². The van der Waals surface area contributed by atoms with Crippen LogP contribution in [0.4, 0.5) is 4.39 Å². The summed E-state index contributed by atoms with van der Waals surface area (Å²) in [4.78, 5) is 11.6. The Balaban J connectivity index is 1.80. The van der Waals surface area contributed by atoms with E-state index in [0.717, 1.165) is 4.47 Å². The summed E-state index contributed by atoms with van der Waals surface area (Å²) in [6.45, 7) is 0. The molecule has 0 aliphatic heterocycles. The molecule has 0 unspecified atom stereocenters. The zero-order chi connectivity index (χ0) is 16.0. The number of hydrogen-bond acceptors (Lipinski definition) is 3. The molecule has 0 fully saturated rings. The molecular weight excluding hydrogens is 385 g/mol. The maximum absolute atomic E-state index is 14.0. The van der Waals surface area contributed by atoms with Gasteiger partial charge in [0.1, 0.15) is 22.9 Å². The van der Waals surface area contributed by atoms with Crippen LogP contribution in [0.2, 0.25) is 5.02 Å². The van der Waals surface area contributed by atoms with E-state index in [9.17, 15) is 4.39 Å². The molecule has 0 saturated carbocycles. The van der Waals surface area contributed by atoms with Gasteiger partial charge >= 0.3 is 0 Å². The fourth-order valence-corrected chi connectivity index (χ4v) is 2.90. The Hall–Kier alpha value is -2.18. The van der Waals surface area contributed by atoms with Crippen LogP contribution < -0.4 is 0 Å². The Morgan fingerprint density at radius 1 is 1.17 bits per heavy atom. The predicted molar refractivity (Wildman–Crippen MR) is 89.7 cm³/mol. The summed E-state index contributed by atoms with van der Waals surface area (Å²) >= 11 is 9.45. The highest BCUT2D eigenvalue weighted by Gasteiger charge is 2.16. The zero-order valence-corrected chi connectivity index (χ0v) is 13.8. The highest BCUT2D eigenvalue weighted by molar-refractivity contribution is 9.10. The Morgan fingerprint density at radius 3 is 2.87 bits per heavy atom. The number of aromatic amines is 1. The minimum atomic E-state index is -0.445. The number of nitrogens with zero attached hydrogens (tertiary/aromatic N) is 2. The molecule has 0 atom stereocenters. The molecule has 0 spiro atoms. The molecule has 23 heavy (non-hydrogen) atoms. The van der Waals surface area contributed by atoms with Crippen molar-refractivity contribution < 1.29 is 8.81 Å². The van der Waals surface area contributed by atoms with Gasteiger partial charge in [-0.2, -0.15) is 0 Å². The fourth-order valence-electron chi connectivity index (χ4n) is 2.29. The molecule has 1 N–H and O–H groups in total. The van der Waals surface area contributed by atoms with Gasteiger partial charge in [0.05, 0.1) is 10.6 Å². The molecule has 114 valence electrons. The van der Waals surface area contributed by atoms with Gasteiger partial charge in [0, 0.05) is 10.7 Å². The number of fused-ring (bicyclic) bond motifs is 1. The second-order valence-electron chi connectivity index (χ2n) is 4.86. The van der Waals surface area contributed by atoms with Crippen molar-refractivity contribution >= 4 is 38.6 Å². The second kappa shape index (κ2) is 5.47. The predicted octanol–water partition coefficient (Wildman–Crippen LogP) is 5.44. The third kappa shape index (κ3) is 2.54. The monoisotopic (exact) mass is 391 g/mol. The number of nitrogens with one attached hydrogen (secondary N) is 1. The first-order chi connectivity index (χ1) is 11.1. The number of hydrogen-bond donors (Lipinski definition) is 1. The molecular formula is C16H8BrClFN3O. The maximum Gasteiger partial charge on any atom is 0.247 e. The number of oxazole rings is 1. The molecule has 7 heteroatoms. The van der Waals surface area contributed by atoms with Crippen molar-refractivity contribution in [3.63, 3.8) is 0 Å². The lowest BCUT2D eigenvalue weighted by Gasteiger charge is -2.01. The quantitative estimate of drug-likeness (QED) is 0.494. The molecule has 4 aromatic rings. The van der Waals surface area contributed by atoms with Gasteiger partial charge in [0.25, 0.3) is 0 Å². The van der Waals surface area contributed by atoms with E-state index in [-0.39, 0.29) is 10.6 Å². The minimum absolute atomic E-state index is 0.222. The zero-order valence-electron chi connectivity index (χ0n) is 11.5. The average molecular weight is 393 g/mol. The summed E-state index contributed by atoms with van der Waals surface area (Å²) < 4.78 is 20.6. The van der Waals surface area contributed by atoms with Gasteiger partial charge < -0.3 is 9.40 Å². The molecule has 2 aromatic carbocycles. The number of rotatable bonds is 2. The van der Waals surface area contributed by atoms with Crippen molar-refractivity contribution in [3.8, 4) is 23.0 Å². The Morgan fingerprint density at radius 2 is 2.04 bits per heavy atom. The number of H-pyrrole nitrogens is 1. The van der Waals surface area contributed by atoms with E-state index in [1.807, 2.05) is 18.2 Å². The third-order valence-electron chi connectivity index (χ3n) is 3.35. The molecule has 0 radical (unpaired) electrons. The first kappa shape index (κ1) is 14.4. The van der Waals surface area contributed by atoms with E-state index in [0.29, 0.717) is 28.5 Å². The van der Waals surface area contributed by atoms with Crippen molar-refractivity contribution in [2.75, 3.05) is 0 Å². The van der Waals surface area contributed by atoms with Crippen LogP contribution >= 0.6 is 27.5 Å². The lowest BCUT2D eigenvalue weighted by atomic mass is 10.2. The highest BCUT2D eigenvalue weighted by atomic mass is 79.9. The summed E-state index contributed by atoms with van der Waals surface area (Å²) in [5.41, 5.74) is 2.06. The molecule has 0 bridgehead atoms. The lowest BCUT2D eigenvalue weighted by Crippen LogP contribution is -1.88. The van der Waals surface area contributed by atoms with Crippen molar-refractivity contribution in [3.05, 3.63) is 57.9 Å². The minimum Gasteiger partial charge on any atom is -0.435 e. The Labute approximate surface area is 143 Å². The molecule has 0 aliphatic rings. The van der Waals surface area contributed by atoms with Crippen molar-refractivity contribution in [2.24, 2.45) is 0 Å². The van der Waals surface area contributed by atoms with Gasteiger partial charge in [-0.25, -0.2) is 14.4 Å². The molecule has 0 amide bonds. The van der Waals surface area contributed by atoms with Gasteiger partial charge in [-0.3, -0.25) is 0 Å². The van der Waals surface area contributed by atoms with E-state index in [4.69, 9.17) is 16.0 Å². The molecule has 4 rings (SSSR count). The standard InChI is InChI=1S/C16H8BrClFN3O/c17-8-4-5-13-11(6-8)22-16(23-13)12-7-20-15(21-12)14-9(18)2-1-3-10(14)19/h1-7H,(H,20,21). The first-order valence-electron chi connectivity index (χ1n) is 6.68. The van der Waals surface area contributed by atoms with Crippen LogP contribution in [-0.2, 0) is 0 Å². The molecule has 2 aromatic heterocycles.